The Balaban J connectivity index is 1.18. The predicted octanol–water partition coefficient (Wildman–Crippen LogP) is 3.38. The number of hydrogen-bond acceptors (Lipinski definition) is 9. The number of nitrogens with zero attached hydrogens (tertiary/aromatic N) is 4. The van der Waals surface area contributed by atoms with Crippen molar-refractivity contribution in [3.8, 4) is 11.4 Å². The van der Waals surface area contributed by atoms with Gasteiger partial charge < -0.3 is 30.6 Å². The van der Waals surface area contributed by atoms with Gasteiger partial charge >= 0.3 is 0 Å². The molecule has 2 aromatic carbocycles. The summed E-state index contributed by atoms with van der Waals surface area (Å²) in [5, 5.41) is 12.4. The second-order valence-electron chi connectivity index (χ2n) is 10.2. The van der Waals surface area contributed by atoms with Crippen LogP contribution in [-0.4, -0.2) is 79.0 Å². The van der Waals surface area contributed by atoms with E-state index in [0.717, 1.165) is 31.7 Å². The molecular formula is C32H38N8O3. The highest BCUT2D eigenvalue weighted by molar-refractivity contribution is 5.82. The monoisotopic (exact) mass is 582 g/mol. The van der Waals surface area contributed by atoms with Crippen molar-refractivity contribution in [2.75, 3.05) is 67.9 Å². The van der Waals surface area contributed by atoms with Gasteiger partial charge in [-0.3, -0.25) is 14.5 Å². The Bertz CT molecular complexity index is 1440. The number of aromatic nitrogens is 2. The summed E-state index contributed by atoms with van der Waals surface area (Å²) in [6, 6.07) is 25.1. The molecule has 0 spiro atoms. The number of amides is 2. The minimum Gasteiger partial charge on any atom is -0.467 e. The lowest BCUT2D eigenvalue weighted by Gasteiger charge is -2.39. The fraction of sp³-hybridized carbons (Fsp3) is 0.312. The zero-order valence-electron chi connectivity index (χ0n) is 24.3. The zero-order valence-corrected chi connectivity index (χ0v) is 24.3. The van der Waals surface area contributed by atoms with Gasteiger partial charge in [-0.15, -0.1) is 0 Å². The highest BCUT2D eigenvalue weighted by atomic mass is 16.3. The van der Waals surface area contributed by atoms with Crippen molar-refractivity contribution < 1.29 is 14.0 Å². The molecule has 1 aliphatic heterocycles. The maximum absolute atomic E-state index is 13.5. The lowest BCUT2D eigenvalue weighted by atomic mass is 10.1. The molecule has 224 valence electrons. The average Bonchev–Trinajstić information content (AvgIpc) is 3.57. The lowest BCUT2D eigenvalue weighted by Crippen LogP contribution is -2.51. The van der Waals surface area contributed by atoms with Gasteiger partial charge in [-0.05, 0) is 24.3 Å². The van der Waals surface area contributed by atoms with Gasteiger partial charge in [0, 0.05) is 76.6 Å². The average molecular weight is 583 g/mol. The van der Waals surface area contributed by atoms with Crippen LogP contribution in [0.2, 0.25) is 0 Å². The third-order valence-corrected chi connectivity index (χ3v) is 7.16. The van der Waals surface area contributed by atoms with Gasteiger partial charge in [-0.1, -0.05) is 48.5 Å². The summed E-state index contributed by atoms with van der Waals surface area (Å²) in [5.41, 5.74) is 2.08. The molecule has 43 heavy (non-hydrogen) atoms. The van der Waals surface area contributed by atoms with Crippen LogP contribution >= 0.6 is 0 Å². The molecule has 0 bridgehead atoms. The van der Waals surface area contributed by atoms with Crippen molar-refractivity contribution in [3.05, 3.63) is 90.9 Å². The van der Waals surface area contributed by atoms with Crippen LogP contribution in [0.25, 0.3) is 11.4 Å². The van der Waals surface area contributed by atoms with E-state index in [1.54, 1.807) is 6.26 Å². The second kappa shape index (κ2) is 14.8. The molecule has 1 fully saturated rings. The SMILES string of the molecule is CC(=O)NCCNc1cc(NCCNC(=O)C(c2ccco2)N2CCN(c3ccccc3)CC2)nc(-c2ccccc2)n1. The first kappa shape index (κ1) is 29.6. The Morgan fingerprint density at radius 1 is 0.791 bits per heavy atom. The first-order valence-electron chi connectivity index (χ1n) is 14.6. The summed E-state index contributed by atoms with van der Waals surface area (Å²) in [4.78, 5) is 38.5. The topological polar surface area (TPSA) is 128 Å². The number of furan rings is 1. The van der Waals surface area contributed by atoms with Crippen molar-refractivity contribution in [2.24, 2.45) is 0 Å². The molecule has 1 atom stereocenters. The molecule has 11 nitrogen and oxygen atoms in total. The molecule has 1 saturated heterocycles. The van der Waals surface area contributed by atoms with E-state index in [4.69, 9.17) is 4.42 Å². The van der Waals surface area contributed by atoms with Gasteiger partial charge in [0.1, 0.15) is 23.4 Å². The molecule has 0 saturated carbocycles. The van der Waals surface area contributed by atoms with Crippen LogP contribution in [0.1, 0.15) is 18.7 Å². The molecule has 0 radical (unpaired) electrons. The molecule has 11 heteroatoms. The van der Waals surface area contributed by atoms with Crippen LogP contribution in [0.15, 0.2) is 89.5 Å². The number of anilines is 3. The molecular weight excluding hydrogens is 544 g/mol. The van der Waals surface area contributed by atoms with Crippen LogP contribution in [0.4, 0.5) is 17.3 Å². The second-order valence-corrected chi connectivity index (χ2v) is 10.2. The molecule has 3 heterocycles. The standard InChI is InChI=1S/C32H38N8O3/c1-24(41)33-14-15-34-28-23-29(38-31(37-28)25-9-4-2-5-10-25)35-16-17-36-32(42)30(27-13-8-22-43-27)40-20-18-39(19-21-40)26-11-6-3-7-12-26/h2-13,22-23,30H,14-21H2,1H3,(H,33,41)(H,36,42)(H2,34,35,37,38). The third-order valence-electron chi connectivity index (χ3n) is 7.16. The Morgan fingerprint density at radius 3 is 2.02 bits per heavy atom. The Hall–Kier alpha value is -4.90. The summed E-state index contributed by atoms with van der Waals surface area (Å²) in [6.07, 6.45) is 1.61. The quantitative estimate of drug-likeness (QED) is 0.176. The molecule has 1 unspecified atom stereocenters. The van der Waals surface area contributed by atoms with E-state index in [1.807, 2.05) is 66.7 Å². The largest absolute Gasteiger partial charge is 0.467 e. The highest BCUT2D eigenvalue weighted by Crippen LogP contribution is 2.25. The van der Waals surface area contributed by atoms with Crippen LogP contribution in [0.3, 0.4) is 0 Å². The summed E-state index contributed by atoms with van der Waals surface area (Å²) in [7, 11) is 0. The number of benzene rings is 2. The number of piperazine rings is 1. The van der Waals surface area contributed by atoms with Gasteiger partial charge in [0.15, 0.2) is 5.82 Å². The molecule has 1 aliphatic rings. The summed E-state index contributed by atoms with van der Waals surface area (Å²) in [5.74, 6) is 2.30. The Morgan fingerprint density at radius 2 is 1.42 bits per heavy atom. The molecule has 5 rings (SSSR count). The highest BCUT2D eigenvalue weighted by Gasteiger charge is 2.32. The maximum atomic E-state index is 13.5. The van der Waals surface area contributed by atoms with E-state index in [-0.39, 0.29) is 11.8 Å². The van der Waals surface area contributed by atoms with E-state index in [9.17, 15) is 9.59 Å². The smallest absolute Gasteiger partial charge is 0.245 e. The first-order valence-corrected chi connectivity index (χ1v) is 14.6. The number of para-hydroxylation sites is 1. The third kappa shape index (κ3) is 8.32. The molecule has 2 aromatic heterocycles. The Labute approximate surface area is 251 Å². The number of carbonyl (C=O) groups is 2. The fourth-order valence-corrected chi connectivity index (χ4v) is 5.05. The summed E-state index contributed by atoms with van der Waals surface area (Å²) in [6.45, 7) is 6.50. The van der Waals surface area contributed by atoms with Crippen molar-refractivity contribution in [3.63, 3.8) is 0 Å². The predicted molar refractivity (Wildman–Crippen MR) is 168 cm³/mol. The molecule has 4 aromatic rings. The van der Waals surface area contributed by atoms with Crippen LogP contribution in [-0.2, 0) is 9.59 Å². The molecule has 2 amide bonds. The lowest BCUT2D eigenvalue weighted by molar-refractivity contribution is -0.127. The Kier molecular flexibility index (Phi) is 10.2. The zero-order chi connectivity index (χ0) is 29.9. The van der Waals surface area contributed by atoms with Gasteiger partial charge in [-0.25, -0.2) is 9.97 Å². The number of rotatable bonds is 13. The molecule has 4 N–H and O–H groups in total. The van der Waals surface area contributed by atoms with E-state index < -0.39 is 6.04 Å². The van der Waals surface area contributed by atoms with Crippen molar-refractivity contribution in [1.29, 1.82) is 0 Å². The van der Waals surface area contributed by atoms with Crippen molar-refractivity contribution >= 4 is 29.1 Å². The van der Waals surface area contributed by atoms with Crippen LogP contribution in [0.5, 0.6) is 0 Å². The van der Waals surface area contributed by atoms with Gasteiger partial charge in [0.2, 0.25) is 11.8 Å². The van der Waals surface area contributed by atoms with Crippen LogP contribution < -0.4 is 26.2 Å². The minimum atomic E-state index is -0.504. The fourth-order valence-electron chi connectivity index (χ4n) is 5.05. The molecule has 0 aliphatic carbocycles. The number of carbonyl (C=O) groups excluding carboxylic acids is 2. The van der Waals surface area contributed by atoms with E-state index >= 15 is 0 Å². The van der Waals surface area contributed by atoms with E-state index in [0.29, 0.717) is 49.4 Å². The normalized spacial score (nSPS) is 14.1. The summed E-state index contributed by atoms with van der Waals surface area (Å²) >= 11 is 0. The van der Waals surface area contributed by atoms with Crippen molar-refractivity contribution in [1.82, 2.24) is 25.5 Å². The van der Waals surface area contributed by atoms with E-state index in [1.165, 1.54) is 12.6 Å². The van der Waals surface area contributed by atoms with Gasteiger partial charge in [-0.2, -0.15) is 0 Å². The first-order chi connectivity index (χ1) is 21.1. The number of nitrogens with one attached hydrogen (secondary N) is 4. The van der Waals surface area contributed by atoms with Crippen LogP contribution in [0, 0.1) is 0 Å². The summed E-state index contributed by atoms with van der Waals surface area (Å²) < 4.78 is 5.70. The maximum Gasteiger partial charge on any atom is 0.245 e. The minimum absolute atomic E-state index is 0.0809. The van der Waals surface area contributed by atoms with Crippen molar-refractivity contribution in [2.45, 2.75) is 13.0 Å². The number of hydrogen-bond donors (Lipinski definition) is 4. The van der Waals surface area contributed by atoms with E-state index in [2.05, 4.69) is 53.2 Å². The van der Waals surface area contributed by atoms with Gasteiger partial charge in [0.25, 0.3) is 0 Å². The van der Waals surface area contributed by atoms with Gasteiger partial charge in [0.05, 0.1) is 6.26 Å².